The Morgan fingerprint density at radius 3 is 2.45 bits per heavy atom. The zero-order valence-corrected chi connectivity index (χ0v) is 12.8. The van der Waals surface area contributed by atoms with Gasteiger partial charge in [-0.1, -0.05) is 0 Å². The molecule has 0 aliphatic carbocycles. The van der Waals surface area contributed by atoms with Crippen molar-refractivity contribution in [3.05, 3.63) is 23.3 Å². The molecule has 7 heteroatoms. The highest BCUT2D eigenvalue weighted by atomic mass is 32.2. The number of benzene rings is 1. The van der Waals surface area contributed by atoms with E-state index in [2.05, 4.69) is 10.0 Å². The number of hydrogen-bond acceptors (Lipinski definition) is 4. The van der Waals surface area contributed by atoms with Gasteiger partial charge in [-0.15, -0.1) is 0 Å². The molecule has 0 fully saturated rings. The monoisotopic (exact) mass is 299 g/mol. The summed E-state index contributed by atoms with van der Waals surface area (Å²) >= 11 is 0. The zero-order valence-electron chi connectivity index (χ0n) is 12.0. The van der Waals surface area contributed by atoms with Crippen molar-refractivity contribution < 1.29 is 13.2 Å². The SMILES string of the molecule is CCNC(=O)CCNS(=O)(=O)c1cc(C)c(C)cc1N. The number of amides is 1. The number of carbonyl (C=O) groups is 1. The third kappa shape index (κ3) is 4.21. The molecule has 4 N–H and O–H groups in total. The van der Waals surface area contributed by atoms with E-state index in [1.54, 1.807) is 19.1 Å². The zero-order chi connectivity index (χ0) is 15.3. The minimum atomic E-state index is -3.70. The molecule has 0 aliphatic heterocycles. The molecule has 20 heavy (non-hydrogen) atoms. The molecular weight excluding hydrogens is 278 g/mol. The molecule has 112 valence electrons. The van der Waals surface area contributed by atoms with E-state index >= 15 is 0 Å². The molecule has 0 saturated heterocycles. The van der Waals surface area contributed by atoms with E-state index < -0.39 is 10.0 Å². The summed E-state index contributed by atoms with van der Waals surface area (Å²) in [4.78, 5) is 11.3. The Labute approximate surface area is 119 Å². The van der Waals surface area contributed by atoms with Crippen LogP contribution in [-0.4, -0.2) is 27.4 Å². The Bertz CT molecular complexity index is 597. The van der Waals surface area contributed by atoms with Gasteiger partial charge in [0.05, 0.1) is 5.69 Å². The maximum absolute atomic E-state index is 12.1. The summed E-state index contributed by atoms with van der Waals surface area (Å²) in [6.07, 6.45) is 0.0951. The number of rotatable bonds is 6. The van der Waals surface area contributed by atoms with Crippen molar-refractivity contribution in [1.29, 1.82) is 0 Å². The fourth-order valence-electron chi connectivity index (χ4n) is 1.71. The van der Waals surface area contributed by atoms with E-state index in [4.69, 9.17) is 5.73 Å². The Balaban J connectivity index is 2.79. The van der Waals surface area contributed by atoms with Gasteiger partial charge in [0.25, 0.3) is 0 Å². The maximum Gasteiger partial charge on any atom is 0.242 e. The van der Waals surface area contributed by atoms with Gasteiger partial charge in [0.15, 0.2) is 0 Å². The summed E-state index contributed by atoms with van der Waals surface area (Å²) in [7, 11) is -3.70. The molecule has 1 rings (SSSR count). The summed E-state index contributed by atoms with van der Waals surface area (Å²) in [5.41, 5.74) is 7.75. The van der Waals surface area contributed by atoms with Gasteiger partial charge in [0, 0.05) is 19.5 Å². The predicted octanol–water partition coefficient (Wildman–Crippen LogP) is 0.690. The molecule has 0 saturated carbocycles. The first kappa shape index (κ1) is 16.5. The van der Waals surface area contributed by atoms with E-state index in [1.165, 1.54) is 0 Å². The number of sulfonamides is 1. The van der Waals surface area contributed by atoms with Crippen LogP contribution in [-0.2, 0) is 14.8 Å². The minimum Gasteiger partial charge on any atom is -0.398 e. The molecule has 1 aromatic carbocycles. The van der Waals surface area contributed by atoms with Crippen LogP contribution in [0.5, 0.6) is 0 Å². The van der Waals surface area contributed by atoms with Crippen molar-refractivity contribution in [2.45, 2.75) is 32.1 Å². The number of hydrogen-bond donors (Lipinski definition) is 3. The first-order valence-electron chi connectivity index (χ1n) is 6.41. The second kappa shape index (κ2) is 6.71. The van der Waals surface area contributed by atoms with E-state index in [9.17, 15) is 13.2 Å². The van der Waals surface area contributed by atoms with Gasteiger partial charge in [-0.05, 0) is 44.0 Å². The van der Waals surface area contributed by atoms with Crippen LogP contribution in [0.2, 0.25) is 0 Å². The highest BCUT2D eigenvalue weighted by Gasteiger charge is 2.18. The molecule has 1 amide bonds. The fourth-order valence-corrected chi connectivity index (χ4v) is 2.93. The number of nitrogen functional groups attached to an aromatic ring is 1. The lowest BCUT2D eigenvalue weighted by Crippen LogP contribution is -2.31. The standard InChI is InChI=1S/C13H21N3O3S/c1-4-15-13(17)5-6-16-20(18,19)12-8-10(3)9(2)7-11(12)14/h7-8,16H,4-6,14H2,1-3H3,(H,15,17). The molecular formula is C13H21N3O3S. The number of nitrogens with two attached hydrogens (primary N) is 1. The number of anilines is 1. The van der Waals surface area contributed by atoms with Crippen molar-refractivity contribution in [3.63, 3.8) is 0 Å². The predicted molar refractivity (Wildman–Crippen MR) is 78.8 cm³/mol. The Kier molecular flexibility index (Phi) is 5.52. The Hall–Kier alpha value is -1.60. The minimum absolute atomic E-state index is 0.0422. The molecule has 1 aromatic rings. The maximum atomic E-state index is 12.1. The van der Waals surface area contributed by atoms with Gasteiger partial charge in [-0.25, -0.2) is 13.1 Å². The van der Waals surface area contributed by atoms with Gasteiger partial charge in [-0.2, -0.15) is 0 Å². The molecule has 0 unspecified atom stereocenters. The largest absolute Gasteiger partial charge is 0.398 e. The van der Waals surface area contributed by atoms with Gasteiger partial charge >= 0.3 is 0 Å². The average Bonchev–Trinajstić information content (AvgIpc) is 2.33. The van der Waals surface area contributed by atoms with Crippen LogP contribution in [0, 0.1) is 13.8 Å². The van der Waals surface area contributed by atoms with Crippen molar-refractivity contribution in [3.8, 4) is 0 Å². The van der Waals surface area contributed by atoms with E-state index in [1.807, 2.05) is 13.8 Å². The van der Waals surface area contributed by atoms with E-state index in [0.29, 0.717) is 6.54 Å². The molecule has 0 spiro atoms. The first-order chi connectivity index (χ1) is 9.27. The molecule has 6 nitrogen and oxygen atoms in total. The number of nitrogens with one attached hydrogen (secondary N) is 2. The summed E-state index contributed by atoms with van der Waals surface area (Å²) in [6, 6.07) is 3.17. The number of aryl methyl sites for hydroxylation is 2. The van der Waals surface area contributed by atoms with E-state index in [-0.39, 0.29) is 29.5 Å². The summed E-state index contributed by atoms with van der Waals surface area (Å²) in [6.45, 7) is 6.06. The molecule has 0 aliphatic rings. The average molecular weight is 299 g/mol. The third-order valence-corrected chi connectivity index (χ3v) is 4.45. The van der Waals surface area contributed by atoms with Gasteiger partial charge in [0.2, 0.25) is 15.9 Å². The van der Waals surface area contributed by atoms with Crippen LogP contribution in [0.1, 0.15) is 24.5 Å². The van der Waals surface area contributed by atoms with Crippen LogP contribution in [0.25, 0.3) is 0 Å². The van der Waals surface area contributed by atoms with Crippen LogP contribution >= 0.6 is 0 Å². The van der Waals surface area contributed by atoms with Crippen molar-refractivity contribution >= 4 is 21.6 Å². The molecule has 0 aromatic heterocycles. The topological polar surface area (TPSA) is 101 Å². The van der Waals surface area contributed by atoms with Crippen molar-refractivity contribution in [2.75, 3.05) is 18.8 Å². The van der Waals surface area contributed by atoms with Crippen LogP contribution in [0.3, 0.4) is 0 Å². The molecule has 0 radical (unpaired) electrons. The lowest BCUT2D eigenvalue weighted by Gasteiger charge is -2.11. The third-order valence-electron chi connectivity index (χ3n) is 2.93. The van der Waals surface area contributed by atoms with Gasteiger partial charge in [-0.3, -0.25) is 4.79 Å². The smallest absolute Gasteiger partial charge is 0.242 e. The lowest BCUT2D eigenvalue weighted by molar-refractivity contribution is -0.120. The normalized spacial score (nSPS) is 11.3. The molecule has 0 atom stereocenters. The Morgan fingerprint density at radius 2 is 1.85 bits per heavy atom. The summed E-state index contributed by atoms with van der Waals surface area (Å²) < 4.78 is 26.6. The van der Waals surface area contributed by atoms with E-state index in [0.717, 1.165) is 11.1 Å². The van der Waals surface area contributed by atoms with Crippen molar-refractivity contribution in [2.24, 2.45) is 0 Å². The summed E-state index contributed by atoms with van der Waals surface area (Å²) in [5, 5.41) is 2.60. The van der Waals surface area contributed by atoms with Crippen LogP contribution < -0.4 is 15.8 Å². The Morgan fingerprint density at radius 1 is 1.25 bits per heavy atom. The van der Waals surface area contributed by atoms with Crippen LogP contribution in [0.15, 0.2) is 17.0 Å². The second-order valence-corrected chi connectivity index (χ2v) is 6.31. The highest BCUT2D eigenvalue weighted by Crippen LogP contribution is 2.22. The fraction of sp³-hybridized carbons (Fsp3) is 0.462. The number of carbonyl (C=O) groups excluding carboxylic acids is 1. The first-order valence-corrected chi connectivity index (χ1v) is 7.89. The highest BCUT2D eigenvalue weighted by molar-refractivity contribution is 7.89. The molecule has 0 heterocycles. The molecule has 0 bridgehead atoms. The second-order valence-electron chi connectivity index (χ2n) is 4.58. The quantitative estimate of drug-likeness (QED) is 0.673. The van der Waals surface area contributed by atoms with Gasteiger partial charge < -0.3 is 11.1 Å². The van der Waals surface area contributed by atoms with Gasteiger partial charge in [0.1, 0.15) is 4.90 Å². The summed E-state index contributed by atoms with van der Waals surface area (Å²) in [5.74, 6) is -0.191. The van der Waals surface area contributed by atoms with Crippen molar-refractivity contribution in [1.82, 2.24) is 10.0 Å². The van der Waals surface area contributed by atoms with Crippen LogP contribution in [0.4, 0.5) is 5.69 Å². The lowest BCUT2D eigenvalue weighted by atomic mass is 10.1.